The van der Waals surface area contributed by atoms with Crippen LogP contribution in [0.15, 0.2) is 18.2 Å². The molecule has 0 bridgehead atoms. The van der Waals surface area contributed by atoms with Gasteiger partial charge in [-0.1, -0.05) is 32.9 Å². The third-order valence-electron chi connectivity index (χ3n) is 3.13. The Morgan fingerprint density at radius 2 is 2.05 bits per heavy atom. The molecule has 0 saturated heterocycles. The van der Waals surface area contributed by atoms with Gasteiger partial charge in [-0.25, -0.2) is 0 Å². The van der Waals surface area contributed by atoms with Crippen LogP contribution in [0.2, 0.25) is 0 Å². The smallest absolute Gasteiger partial charge is 0.220 e. The Hall–Kier alpha value is -1.55. The van der Waals surface area contributed by atoms with Crippen LogP contribution in [0.5, 0.6) is 5.75 Å². The molecule has 4 nitrogen and oxygen atoms in total. The Labute approximate surface area is 121 Å². The maximum Gasteiger partial charge on any atom is 0.220 e. The van der Waals surface area contributed by atoms with Gasteiger partial charge in [0.25, 0.3) is 0 Å². The number of phenolic OH excluding ortho intramolecular Hbond substituents is 1. The highest BCUT2D eigenvalue weighted by Gasteiger charge is 2.18. The Kier molecular flexibility index (Phi) is 5.57. The van der Waals surface area contributed by atoms with E-state index in [0.29, 0.717) is 25.1 Å². The number of carbonyl (C=O) groups is 1. The van der Waals surface area contributed by atoms with Crippen molar-refractivity contribution in [3.63, 3.8) is 0 Å². The minimum Gasteiger partial charge on any atom is -0.508 e. The van der Waals surface area contributed by atoms with Crippen molar-refractivity contribution in [3.8, 4) is 5.75 Å². The van der Waals surface area contributed by atoms with Gasteiger partial charge in [-0.3, -0.25) is 4.79 Å². The highest BCUT2D eigenvalue weighted by Crippen LogP contribution is 2.31. The van der Waals surface area contributed by atoms with Crippen molar-refractivity contribution in [2.24, 2.45) is 5.73 Å². The van der Waals surface area contributed by atoms with E-state index in [4.69, 9.17) is 5.73 Å². The molecule has 0 spiro atoms. The minimum absolute atomic E-state index is 0.00711. The van der Waals surface area contributed by atoms with Gasteiger partial charge in [-0.05, 0) is 36.0 Å². The molecule has 0 aliphatic rings. The molecule has 1 aromatic rings. The number of rotatable bonds is 5. The number of aryl methyl sites for hydroxylation is 1. The summed E-state index contributed by atoms with van der Waals surface area (Å²) < 4.78 is 0. The maximum atomic E-state index is 11.7. The summed E-state index contributed by atoms with van der Waals surface area (Å²) in [6, 6.07) is 5.52. The van der Waals surface area contributed by atoms with Crippen LogP contribution in [0.25, 0.3) is 0 Å². The zero-order chi connectivity index (χ0) is 15.3. The number of benzene rings is 1. The van der Waals surface area contributed by atoms with Gasteiger partial charge in [0, 0.05) is 19.0 Å². The SMILES string of the molecule is CC(N)CNC(=O)CCc1ccc(O)c(C(C)(C)C)c1. The highest BCUT2D eigenvalue weighted by molar-refractivity contribution is 5.76. The van der Waals surface area contributed by atoms with Gasteiger partial charge < -0.3 is 16.2 Å². The van der Waals surface area contributed by atoms with E-state index in [9.17, 15) is 9.90 Å². The fraction of sp³-hybridized carbons (Fsp3) is 0.562. The van der Waals surface area contributed by atoms with Gasteiger partial charge in [0.1, 0.15) is 5.75 Å². The van der Waals surface area contributed by atoms with Gasteiger partial charge in [-0.2, -0.15) is 0 Å². The summed E-state index contributed by atoms with van der Waals surface area (Å²) in [7, 11) is 0. The van der Waals surface area contributed by atoms with Crippen molar-refractivity contribution in [1.29, 1.82) is 0 Å². The monoisotopic (exact) mass is 278 g/mol. The van der Waals surface area contributed by atoms with Crippen LogP contribution >= 0.6 is 0 Å². The molecule has 4 heteroatoms. The minimum atomic E-state index is -0.114. The van der Waals surface area contributed by atoms with E-state index in [2.05, 4.69) is 26.1 Å². The number of phenols is 1. The zero-order valence-corrected chi connectivity index (χ0v) is 12.9. The number of hydrogen-bond donors (Lipinski definition) is 3. The third kappa shape index (κ3) is 5.21. The van der Waals surface area contributed by atoms with Gasteiger partial charge in [0.05, 0.1) is 0 Å². The molecule has 20 heavy (non-hydrogen) atoms. The summed E-state index contributed by atoms with van der Waals surface area (Å²) in [6.07, 6.45) is 1.09. The van der Waals surface area contributed by atoms with Crippen LogP contribution in [-0.2, 0) is 16.6 Å². The molecule has 0 heterocycles. The second-order valence-corrected chi connectivity index (χ2v) is 6.38. The molecule has 1 rings (SSSR count). The first-order valence-corrected chi connectivity index (χ1v) is 7.05. The summed E-state index contributed by atoms with van der Waals surface area (Å²) in [5, 5.41) is 12.7. The molecule has 0 aliphatic heterocycles. The lowest BCUT2D eigenvalue weighted by Gasteiger charge is -2.21. The van der Waals surface area contributed by atoms with E-state index in [1.54, 1.807) is 6.07 Å². The van der Waals surface area contributed by atoms with Crippen LogP contribution in [0.3, 0.4) is 0 Å². The molecule has 0 fully saturated rings. The fourth-order valence-electron chi connectivity index (χ4n) is 1.96. The van der Waals surface area contributed by atoms with E-state index in [0.717, 1.165) is 11.1 Å². The Balaban J connectivity index is 2.63. The first-order valence-electron chi connectivity index (χ1n) is 7.05. The molecule has 1 aromatic carbocycles. The van der Waals surface area contributed by atoms with E-state index in [1.165, 1.54) is 0 Å². The molecule has 0 aliphatic carbocycles. The van der Waals surface area contributed by atoms with E-state index in [-0.39, 0.29) is 17.4 Å². The van der Waals surface area contributed by atoms with E-state index >= 15 is 0 Å². The maximum absolute atomic E-state index is 11.7. The van der Waals surface area contributed by atoms with E-state index < -0.39 is 0 Å². The second-order valence-electron chi connectivity index (χ2n) is 6.38. The standard InChI is InChI=1S/C16H26N2O2/c1-11(17)10-18-15(20)8-6-12-5-7-14(19)13(9-12)16(2,3)4/h5,7,9,11,19H,6,8,10,17H2,1-4H3,(H,18,20). The lowest BCUT2D eigenvalue weighted by Crippen LogP contribution is -2.35. The van der Waals surface area contributed by atoms with Crippen molar-refractivity contribution in [1.82, 2.24) is 5.32 Å². The van der Waals surface area contributed by atoms with Crippen molar-refractivity contribution in [2.75, 3.05) is 6.54 Å². The molecule has 1 atom stereocenters. The molecule has 0 saturated carbocycles. The first-order chi connectivity index (χ1) is 9.20. The fourth-order valence-corrected chi connectivity index (χ4v) is 1.96. The zero-order valence-electron chi connectivity index (χ0n) is 12.9. The molecule has 0 aromatic heterocycles. The van der Waals surface area contributed by atoms with Crippen molar-refractivity contribution < 1.29 is 9.90 Å². The van der Waals surface area contributed by atoms with Gasteiger partial charge in [-0.15, -0.1) is 0 Å². The van der Waals surface area contributed by atoms with Crippen molar-refractivity contribution in [2.45, 2.75) is 52.0 Å². The number of aromatic hydroxyl groups is 1. The predicted molar refractivity (Wildman–Crippen MR) is 81.8 cm³/mol. The normalized spacial score (nSPS) is 13.1. The first kappa shape index (κ1) is 16.5. The number of hydrogen-bond acceptors (Lipinski definition) is 3. The van der Waals surface area contributed by atoms with Gasteiger partial charge in [0.2, 0.25) is 5.91 Å². The van der Waals surface area contributed by atoms with Crippen molar-refractivity contribution >= 4 is 5.91 Å². The number of carbonyl (C=O) groups excluding carboxylic acids is 1. The molecular formula is C16H26N2O2. The number of amides is 1. The number of nitrogens with one attached hydrogen (secondary N) is 1. The van der Waals surface area contributed by atoms with E-state index in [1.807, 2.05) is 19.1 Å². The molecular weight excluding hydrogens is 252 g/mol. The molecule has 112 valence electrons. The number of nitrogens with two attached hydrogens (primary N) is 1. The topological polar surface area (TPSA) is 75.3 Å². The largest absolute Gasteiger partial charge is 0.508 e. The molecule has 0 radical (unpaired) electrons. The summed E-state index contributed by atoms with van der Waals surface area (Å²) in [6.45, 7) is 8.53. The second kappa shape index (κ2) is 6.75. The lowest BCUT2D eigenvalue weighted by molar-refractivity contribution is -0.121. The molecule has 1 amide bonds. The summed E-state index contributed by atoms with van der Waals surface area (Å²) >= 11 is 0. The predicted octanol–water partition coefficient (Wildman–Crippen LogP) is 2.09. The quantitative estimate of drug-likeness (QED) is 0.772. The Bertz CT molecular complexity index is 462. The Morgan fingerprint density at radius 3 is 2.60 bits per heavy atom. The lowest BCUT2D eigenvalue weighted by atomic mass is 9.85. The summed E-state index contributed by atoms with van der Waals surface area (Å²) in [4.78, 5) is 11.7. The van der Waals surface area contributed by atoms with Crippen LogP contribution in [0.4, 0.5) is 0 Å². The van der Waals surface area contributed by atoms with Gasteiger partial charge in [0.15, 0.2) is 0 Å². The molecule has 4 N–H and O–H groups in total. The van der Waals surface area contributed by atoms with Gasteiger partial charge >= 0.3 is 0 Å². The summed E-state index contributed by atoms with van der Waals surface area (Å²) in [5.74, 6) is 0.315. The highest BCUT2D eigenvalue weighted by atomic mass is 16.3. The average Bonchev–Trinajstić information content (AvgIpc) is 2.33. The Morgan fingerprint density at radius 1 is 1.40 bits per heavy atom. The van der Waals surface area contributed by atoms with Crippen LogP contribution in [0.1, 0.15) is 45.2 Å². The van der Waals surface area contributed by atoms with Crippen LogP contribution in [0, 0.1) is 0 Å². The average molecular weight is 278 g/mol. The summed E-state index contributed by atoms with van der Waals surface area (Å²) in [5.41, 5.74) is 7.44. The van der Waals surface area contributed by atoms with Crippen molar-refractivity contribution in [3.05, 3.63) is 29.3 Å². The third-order valence-corrected chi connectivity index (χ3v) is 3.13. The van der Waals surface area contributed by atoms with Crippen LogP contribution in [-0.4, -0.2) is 23.6 Å². The van der Waals surface area contributed by atoms with Crippen LogP contribution < -0.4 is 11.1 Å². The molecule has 1 unspecified atom stereocenters.